The summed E-state index contributed by atoms with van der Waals surface area (Å²) in [4.78, 5) is 15.4. The maximum Gasteiger partial charge on any atom is 0.252 e. The molecule has 1 amide bonds. The average molecular weight is 385 g/mol. The summed E-state index contributed by atoms with van der Waals surface area (Å²) in [5.74, 6) is 0.130. The lowest BCUT2D eigenvalue weighted by molar-refractivity contribution is -0.130. The van der Waals surface area contributed by atoms with Crippen LogP contribution in [0.5, 0.6) is 0 Å². The first-order valence-electron chi connectivity index (χ1n) is 9.44. The Morgan fingerprint density at radius 1 is 0.880 bits per heavy atom. The summed E-state index contributed by atoms with van der Waals surface area (Å²) in [7, 11) is -3.39. The molecule has 0 saturated carbocycles. The minimum Gasteiger partial charge on any atom is -0.342 e. The van der Waals surface area contributed by atoms with E-state index in [0.29, 0.717) is 23.7 Å². The van der Waals surface area contributed by atoms with E-state index in [1.54, 1.807) is 10.4 Å². The first-order chi connectivity index (χ1) is 12.1. The van der Waals surface area contributed by atoms with Crippen molar-refractivity contribution < 1.29 is 13.2 Å². The number of nitrogens with zero attached hydrogens (tertiary/aromatic N) is 2. The molecular formula is C18H28N2O3S2. The van der Waals surface area contributed by atoms with Crippen molar-refractivity contribution in [3.8, 4) is 0 Å². The Morgan fingerprint density at radius 2 is 1.44 bits per heavy atom. The molecule has 0 aliphatic carbocycles. The summed E-state index contributed by atoms with van der Waals surface area (Å²) in [6.45, 7) is 2.90. The van der Waals surface area contributed by atoms with Crippen molar-refractivity contribution >= 4 is 27.3 Å². The first-order valence-corrected chi connectivity index (χ1v) is 11.7. The van der Waals surface area contributed by atoms with E-state index in [9.17, 15) is 13.2 Å². The number of amides is 1. The van der Waals surface area contributed by atoms with Gasteiger partial charge in [0.15, 0.2) is 0 Å². The molecule has 2 aliphatic rings. The highest BCUT2D eigenvalue weighted by molar-refractivity contribution is 7.91. The van der Waals surface area contributed by atoms with Crippen LogP contribution in [-0.2, 0) is 21.2 Å². The molecule has 0 atom stereocenters. The molecule has 3 rings (SSSR count). The van der Waals surface area contributed by atoms with Gasteiger partial charge in [0, 0.05) is 31.1 Å². The van der Waals surface area contributed by atoms with E-state index in [-0.39, 0.29) is 5.91 Å². The topological polar surface area (TPSA) is 57.7 Å². The van der Waals surface area contributed by atoms with Crippen LogP contribution in [0, 0.1) is 0 Å². The van der Waals surface area contributed by atoms with Crippen LogP contribution in [0.1, 0.15) is 56.2 Å². The molecule has 7 heteroatoms. The Bertz CT molecular complexity index is 670. The Morgan fingerprint density at radius 3 is 2.12 bits per heavy atom. The molecule has 2 aliphatic heterocycles. The molecule has 0 unspecified atom stereocenters. The second kappa shape index (κ2) is 8.64. The number of hydrogen-bond acceptors (Lipinski definition) is 4. The minimum absolute atomic E-state index is 0.130. The normalized spacial score (nSPS) is 20.9. The van der Waals surface area contributed by atoms with Crippen LogP contribution in [0.2, 0.25) is 0 Å². The van der Waals surface area contributed by atoms with Crippen molar-refractivity contribution in [3.05, 3.63) is 17.0 Å². The quantitative estimate of drug-likeness (QED) is 0.801. The van der Waals surface area contributed by atoms with Gasteiger partial charge in [-0.05, 0) is 37.8 Å². The zero-order valence-corrected chi connectivity index (χ0v) is 16.4. The van der Waals surface area contributed by atoms with Crippen LogP contribution in [-0.4, -0.2) is 49.7 Å². The van der Waals surface area contributed by atoms with Gasteiger partial charge in [-0.2, -0.15) is 4.31 Å². The van der Waals surface area contributed by atoms with Crippen LogP contribution in [0.3, 0.4) is 0 Å². The highest BCUT2D eigenvalue weighted by Gasteiger charge is 2.27. The summed E-state index contributed by atoms with van der Waals surface area (Å²) in [6, 6.07) is 3.48. The Kier molecular flexibility index (Phi) is 6.52. The SMILES string of the molecule is O=C(Cc1ccc(S(=O)(=O)N2CCCCC2)s1)N1CCCCCCC1. The molecule has 1 aromatic heterocycles. The third-order valence-electron chi connectivity index (χ3n) is 5.08. The van der Waals surface area contributed by atoms with Gasteiger partial charge < -0.3 is 4.90 Å². The average Bonchev–Trinajstić information content (AvgIpc) is 3.04. The Labute approximate surface area is 155 Å². The van der Waals surface area contributed by atoms with Gasteiger partial charge in [-0.3, -0.25) is 4.79 Å². The second-order valence-electron chi connectivity index (χ2n) is 7.01. The standard InChI is InChI=1S/C18H28N2O3S2/c21-17(19-11-5-2-1-3-6-12-19)15-16-9-10-18(24-16)25(22,23)20-13-7-4-8-14-20/h9-10H,1-8,11-15H2. The Hall–Kier alpha value is -0.920. The number of sulfonamides is 1. The van der Waals surface area contributed by atoms with Crippen LogP contribution in [0.4, 0.5) is 0 Å². The van der Waals surface area contributed by atoms with E-state index in [2.05, 4.69) is 0 Å². The molecule has 1 aromatic rings. The van der Waals surface area contributed by atoms with Gasteiger partial charge in [0.1, 0.15) is 4.21 Å². The summed E-state index contributed by atoms with van der Waals surface area (Å²) >= 11 is 1.26. The maximum absolute atomic E-state index is 12.7. The van der Waals surface area contributed by atoms with Gasteiger partial charge in [0.2, 0.25) is 5.91 Å². The van der Waals surface area contributed by atoms with Crippen LogP contribution in [0.15, 0.2) is 16.3 Å². The smallest absolute Gasteiger partial charge is 0.252 e. The van der Waals surface area contributed by atoms with Crippen molar-refractivity contribution in [2.75, 3.05) is 26.2 Å². The number of thiophene rings is 1. The number of likely N-dealkylation sites (tertiary alicyclic amines) is 1. The van der Waals surface area contributed by atoms with Crippen LogP contribution in [0.25, 0.3) is 0 Å². The molecule has 2 saturated heterocycles. The van der Waals surface area contributed by atoms with Crippen LogP contribution < -0.4 is 0 Å². The van der Waals surface area contributed by atoms with Gasteiger partial charge in [0.05, 0.1) is 6.42 Å². The lowest BCUT2D eigenvalue weighted by atomic mass is 10.1. The van der Waals surface area contributed by atoms with Gasteiger partial charge >= 0.3 is 0 Å². The fourth-order valence-electron chi connectivity index (χ4n) is 3.58. The lowest BCUT2D eigenvalue weighted by Gasteiger charge is -2.25. The maximum atomic E-state index is 12.7. The second-order valence-corrected chi connectivity index (χ2v) is 10.3. The van der Waals surface area contributed by atoms with E-state index in [0.717, 1.165) is 50.1 Å². The Balaban J connectivity index is 1.63. The van der Waals surface area contributed by atoms with Gasteiger partial charge in [-0.25, -0.2) is 8.42 Å². The number of carbonyl (C=O) groups excluding carboxylic acids is 1. The molecule has 0 bridgehead atoms. The molecule has 3 heterocycles. The highest BCUT2D eigenvalue weighted by atomic mass is 32.2. The van der Waals surface area contributed by atoms with Gasteiger partial charge in [-0.1, -0.05) is 25.7 Å². The number of hydrogen-bond donors (Lipinski definition) is 0. The number of piperidine rings is 1. The van der Waals surface area contributed by atoms with Crippen molar-refractivity contribution in [1.29, 1.82) is 0 Å². The predicted octanol–water partition coefficient (Wildman–Crippen LogP) is 3.26. The number of carbonyl (C=O) groups is 1. The molecule has 0 N–H and O–H groups in total. The largest absolute Gasteiger partial charge is 0.342 e. The molecule has 0 spiro atoms. The zero-order valence-electron chi connectivity index (χ0n) is 14.8. The highest BCUT2D eigenvalue weighted by Crippen LogP contribution is 2.27. The monoisotopic (exact) mass is 384 g/mol. The fraction of sp³-hybridized carbons (Fsp3) is 0.722. The molecule has 2 fully saturated rings. The van der Waals surface area contributed by atoms with E-state index >= 15 is 0 Å². The lowest BCUT2D eigenvalue weighted by Crippen LogP contribution is -2.35. The molecule has 0 radical (unpaired) electrons. The van der Waals surface area contributed by atoms with E-state index in [1.807, 2.05) is 11.0 Å². The van der Waals surface area contributed by atoms with E-state index in [1.165, 1.54) is 30.6 Å². The van der Waals surface area contributed by atoms with E-state index in [4.69, 9.17) is 0 Å². The van der Waals surface area contributed by atoms with Crippen molar-refractivity contribution in [2.24, 2.45) is 0 Å². The van der Waals surface area contributed by atoms with Crippen molar-refractivity contribution in [2.45, 2.75) is 62.0 Å². The van der Waals surface area contributed by atoms with E-state index < -0.39 is 10.0 Å². The van der Waals surface area contributed by atoms with Crippen molar-refractivity contribution in [3.63, 3.8) is 0 Å². The third-order valence-corrected chi connectivity index (χ3v) is 8.53. The molecule has 0 aromatic carbocycles. The molecular weight excluding hydrogens is 356 g/mol. The predicted molar refractivity (Wildman–Crippen MR) is 100 cm³/mol. The van der Waals surface area contributed by atoms with Crippen LogP contribution >= 0.6 is 11.3 Å². The summed E-state index contributed by atoms with van der Waals surface area (Å²) in [5, 5.41) is 0. The minimum atomic E-state index is -3.39. The molecule has 140 valence electrons. The third kappa shape index (κ3) is 4.83. The van der Waals surface area contributed by atoms with Gasteiger partial charge in [-0.15, -0.1) is 11.3 Å². The summed E-state index contributed by atoms with van der Waals surface area (Å²) in [6.07, 6.45) is 9.10. The van der Waals surface area contributed by atoms with Crippen molar-refractivity contribution in [1.82, 2.24) is 9.21 Å². The molecule has 25 heavy (non-hydrogen) atoms. The summed E-state index contributed by atoms with van der Waals surface area (Å²) in [5.41, 5.74) is 0. The zero-order chi connectivity index (χ0) is 17.7. The molecule has 5 nitrogen and oxygen atoms in total. The summed E-state index contributed by atoms with van der Waals surface area (Å²) < 4.78 is 27.4. The van der Waals surface area contributed by atoms with Gasteiger partial charge in [0.25, 0.3) is 10.0 Å². The first kappa shape index (κ1) is 18.9. The number of rotatable bonds is 4. The fourth-order valence-corrected chi connectivity index (χ4v) is 6.60.